The van der Waals surface area contributed by atoms with Crippen molar-refractivity contribution in [1.29, 1.82) is 0 Å². The van der Waals surface area contributed by atoms with Crippen LogP contribution < -0.4 is 0 Å². The average Bonchev–Trinajstić information content (AvgIpc) is 2.88. The fourth-order valence-electron chi connectivity index (χ4n) is 4.67. The zero-order chi connectivity index (χ0) is 23.9. The van der Waals surface area contributed by atoms with Crippen molar-refractivity contribution in [3.05, 3.63) is 118 Å². The summed E-state index contributed by atoms with van der Waals surface area (Å²) in [6, 6.07) is 35.4. The van der Waals surface area contributed by atoms with Gasteiger partial charge in [-0.15, -0.1) is 0 Å². The fraction of sp³-hybridized carbons (Fsp3) is 0.0323. The lowest BCUT2D eigenvalue weighted by Gasteiger charge is -2.17. The van der Waals surface area contributed by atoms with Crippen LogP contribution in [0.5, 0.6) is 0 Å². The van der Waals surface area contributed by atoms with Crippen LogP contribution in [0.2, 0.25) is 5.15 Å². The molecule has 6 aromatic rings. The summed E-state index contributed by atoms with van der Waals surface area (Å²) in [5.74, 6) is 0. The van der Waals surface area contributed by atoms with Crippen molar-refractivity contribution in [1.82, 2.24) is 9.97 Å². The molecule has 168 valence electrons. The molecule has 2 heterocycles. The number of benzene rings is 4. The molecule has 4 heteroatoms. The highest BCUT2D eigenvalue weighted by atomic mass is 79.9. The fourth-order valence-corrected chi connectivity index (χ4v) is 5.31. The highest BCUT2D eigenvalue weighted by molar-refractivity contribution is 9.10. The van der Waals surface area contributed by atoms with Gasteiger partial charge in [0.1, 0.15) is 5.15 Å². The van der Waals surface area contributed by atoms with E-state index in [0.29, 0.717) is 5.15 Å². The number of hydrogen-bond donors (Lipinski definition) is 0. The quantitative estimate of drug-likeness (QED) is 0.211. The number of hydrogen-bond acceptors (Lipinski definition) is 2. The van der Waals surface area contributed by atoms with Gasteiger partial charge in [-0.2, -0.15) is 0 Å². The molecule has 0 atom stereocenters. The summed E-state index contributed by atoms with van der Waals surface area (Å²) < 4.78 is 0.990. The van der Waals surface area contributed by atoms with Gasteiger partial charge < -0.3 is 0 Å². The first-order chi connectivity index (χ1) is 17.1. The number of aryl methyl sites for hydroxylation is 1. The zero-order valence-electron chi connectivity index (χ0n) is 19.0. The minimum atomic E-state index is 0.441. The van der Waals surface area contributed by atoms with Crippen molar-refractivity contribution >= 4 is 49.3 Å². The molecule has 0 unspecified atom stereocenters. The second-order valence-electron chi connectivity index (χ2n) is 8.62. The van der Waals surface area contributed by atoms with E-state index in [9.17, 15) is 0 Å². The molecular weight excluding hydrogens is 516 g/mol. The van der Waals surface area contributed by atoms with E-state index >= 15 is 0 Å². The van der Waals surface area contributed by atoms with Crippen LogP contribution in [-0.4, -0.2) is 9.97 Å². The molecule has 0 aliphatic carbocycles. The second-order valence-corrected chi connectivity index (χ2v) is 9.90. The van der Waals surface area contributed by atoms with Gasteiger partial charge in [-0.25, -0.2) is 9.97 Å². The standard InChI is InChI=1S/C31H20BrClN2/c1-19-12-14-26-24(16-19)23(20-8-4-2-5-9-20)18-28(34-26)30-29(21-10-6-3-7-11-21)25-17-22(32)13-15-27(25)35-31(30)33/h2-18H,1H3. The molecule has 0 aliphatic rings. The monoisotopic (exact) mass is 534 g/mol. The Balaban J connectivity index is 1.75. The van der Waals surface area contributed by atoms with Gasteiger partial charge in [0.15, 0.2) is 0 Å². The molecular formula is C31H20BrClN2. The lowest BCUT2D eigenvalue weighted by molar-refractivity contribution is 1.34. The molecule has 0 aliphatic heterocycles. The van der Waals surface area contributed by atoms with E-state index in [1.165, 1.54) is 5.56 Å². The molecule has 35 heavy (non-hydrogen) atoms. The van der Waals surface area contributed by atoms with Crippen LogP contribution >= 0.6 is 27.5 Å². The van der Waals surface area contributed by atoms with Crippen molar-refractivity contribution in [3.63, 3.8) is 0 Å². The Morgan fingerprint density at radius 3 is 2.03 bits per heavy atom. The zero-order valence-corrected chi connectivity index (χ0v) is 21.3. The minimum absolute atomic E-state index is 0.441. The normalized spacial score (nSPS) is 11.3. The maximum absolute atomic E-state index is 6.94. The van der Waals surface area contributed by atoms with Crippen LogP contribution in [0.25, 0.3) is 55.3 Å². The van der Waals surface area contributed by atoms with Crippen molar-refractivity contribution in [3.8, 4) is 33.5 Å². The van der Waals surface area contributed by atoms with Crippen molar-refractivity contribution in [2.45, 2.75) is 6.92 Å². The first-order valence-electron chi connectivity index (χ1n) is 11.4. The van der Waals surface area contributed by atoms with Gasteiger partial charge in [-0.3, -0.25) is 0 Å². The summed E-state index contributed by atoms with van der Waals surface area (Å²) in [6.07, 6.45) is 0. The molecule has 0 fully saturated rings. The third-order valence-electron chi connectivity index (χ3n) is 6.27. The van der Waals surface area contributed by atoms with E-state index in [1.807, 2.05) is 36.4 Å². The Bertz CT molecular complexity index is 1710. The predicted molar refractivity (Wildman–Crippen MR) is 151 cm³/mol. The van der Waals surface area contributed by atoms with Crippen LogP contribution in [0.1, 0.15) is 5.56 Å². The average molecular weight is 536 g/mol. The summed E-state index contributed by atoms with van der Waals surface area (Å²) in [6.45, 7) is 2.11. The van der Waals surface area contributed by atoms with Crippen LogP contribution in [0.3, 0.4) is 0 Å². The molecule has 2 aromatic heterocycles. The van der Waals surface area contributed by atoms with Crippen LogP contribution in [-0.2, 0) is 0 Å². The van der Waals surface area contributed by atoms with Gasteiger partial charge >= 0.3 is 0 Å². The van der Waals surface area contributed by atoms with Gasteiger partial charge in [0.05, 0.1) is 16.7 Å². The summed E-state index contributed by atoms with van der Waals surface area (Å²) in [7, 11) is 0. The number of fused-ring (bicyclic) bond motifs is 2. The summed E-state index contributed by atoms with van der Waals surface area (Å²) in [5.41, 5.74) is 8.98. The smallest absolute Gasteiger partial charge is 0.139 e. The van der Waals surface area contributed by atoms with Gasteiger partial charge in [0, 0.05) is 26.4 Å². The summed E-state index contributed by atoms with van der Waals surface area (Å²) >= 11 is 10.6. The summed E-state index contributed by atoms with van der Waals surface area (Å²) in [5, 5.41) is 2.59. The van der Waals surface area contributed by atoms with Crippen molar-refractivity contribution < 1.29 is 0 Å². The SMILES string of the molecule is Cc1ccc2nc(-c3c(Cl)nc4ccc(Br)cc4c3-c3ccccc3)cc(-c3ccccc3)c2c1. The lowest BCUT2D eigenvalue weighted by Crippen LogP contribution is -1.97. The molecule has 0 saturated heterocycles. The molecule has 2 nitrogen and oxygen atoms in total. The van der Waals surface area contributed by atoms with Gasteiger partial charge in [0.25, 0.3) is 0 Å². The van der Waals surface area contributed by atoms with E-state index in [1.54, 1.807) is 0 Å². The third kappa shape index (κ3) is 4.01. The van der Waals surface area contributed by atoms with Crippen LogP contribution in [0.15, 0.2) is 108 Å². The molecule has 0 saturated carbocycles. The summed E-state index contributed by atoms with van der Waals surface area (Å²) in [4.78, 5) is 9.89. The molecule has 0 spiro atoms. The highest BCUT2D eigenvalue weighted by Crippen LogP contribution is 2.43. The maximum atomic E-state index is 6.94. The first-order valence-corrected chi connectivity index (χ1v) is 12.6. The Kier molecular flexibility index (Phi) is 5.60. The van der Waals surface area contributed by atoms with E-state index in [4.69, 9.17) is 21.6 Å². The third-order valence-corrected chi connectivity index (χ3v) is 7.04. The Morgan fingerprint density at radius 2 is 1.29 bits per heavy atom. The van der Waals surface area contributed by atoms with E-state index in [-0.39, 0.29) is 0 Å². The van der Waals surface area contributed by atoms with Crippen molar-refractivity contribution in [2.75, 3.05) is 0 Å². The predicted octanol–water partition coefficient (Wildman–Crippen LogP) is 9.51. The number of nitrogens with zero attached hydrogens (tertiary/aromatic N) is 2. The molecule has 6 rings (SSSR count). The largest absolute Gasteiger partial charge is 0.248 e. The number of aromatic nitrogens is 2. The Hall–Kier alpha value is -3.53. The second kappa shape index (κ2) is 8.92. The molecule has 4 aromatic carbocycles. The topological polar surface area (TPSA) is 25.8 Å². The van der Waals surface area contributed by atoms with E-state index in [0.717, 1.165) is 59.8 Å². The molecule has 0 radical (unpaired) electrons. The maximum Gasteiger partial charge on any atom is 0.139 e. The molecule has 0 N–H and O–H groups in total. The van der Waals surface area contributed by atoms with Crippen molar-refractivity contribution in [2.24, 2.45) is 0 Å². The lowest BCUT2D eigenvalue weighted by atomic mass is 9.92. The molecule has 0 bridgehead atoms. The Labute approximate surface area is 217 Å². The van der Waals surface area contributed by atoms with E-state index in [2.05, 4.69) is 89.6 Å². The minimum Gasteiger partial charge on any atom is -0.248 e. The molecule has 0 amide bonds. The first kappa shape index (κ1) is 22.0. The van der Waals surface area contributed by atoms with Crippen LogP contribution in [0.4, 0.5) is 0 Å². The van der Waals surface area contributed by atoms with Gasteiger partial charge in [-0.1, -0.05) is 99.8 Å². The number of rotatable bonds is 3. The van der Waals surface area contributed by atoms with Crippen LogP contribution in [0, 0.1) is 6.92 Å². The number of pyridine rings is 2. The van der Waals surface area contributed by atoms with Gasteiger partial charge in [-0.05, 0) is 60.0 Å². The highest BCUT2D eigenvalue weighted by Gasteiger charge is 2.20. The van der Waals surface area contributed by atoms with E-state index < -0.39 is 0 Å². The number of halogens is 2. The Morgan fingerprint density at radius 1 is 0.629 bits per heavy atom. The van der Waals surface area contributed by atoms with Gasteiger partial charge in [0.2, 0.25) is 0 Å².